The number of benzene rings is 1. The van der Waals surface area contributed by atoms with E-state index in [9.17, 15) is 8.42 Å². The van der Waals surface area contributed by atoms with E-state index in [1.807, 2.05) is 6.20 Å². The summed E-state index contributed by atoms with van der Waals surface area (Å²) < 4.78 is 36.1. The minimum Gasteiger partial charge on any atom is -0.496 e. The Kier molecular flexibility index (Phi) is 9.96. The number of hydrogen-bond donors (Lipinski definition) is 1. The van der Waals surface area contributed by atoms with E-state index in [1.54, 1.807) is 37.8 Å². The van der Waals surface area contributed by atoms with Crippen LogP contribution in [0.2, 0.25) is 18.1 Å². The van der Waals surface area contributed by atoms with Gasteiger partial charge in [0.15, 0.2) is 14.1 Å². The predicted octanol–water partition coefficient (Wildman–Crippen LogP) is 7.22. The van der Waals surface area contributed by atoms with Crippen LogP contribution >= 0.6 is 0 Å². The van der Waals surface area contributed by atoms with Crippen molar-refractivity contribution in [3.05, 3.63) is 60.7 Å². The fourth-order valence-corrected chi connectivity index (χ4v) is 8.08. The Labute approximate surface area is 280 Å². The van der Waals surface area contributed by atoms with Crippen LogP contribution in [0.15, 0.2) is 55.1 Å². The highest BCUT2D eigenvalue weighted by Gasteiger charge is 2.39. The van der Waals surface area contributed by atoms with Crippen LogP contribution < -0.4 is 15.0 Å². The summed E-state index contributed by atoms with van der Waals surface area (Å²) in [6, 6.07) is 10.2. The van der Waals surface area contributed by atoms with Crippen molar-refractivity contribution in [1.82, 2.24) is 19.9 Å². The van der Waals surface area contributed by atoms with Gasteiger partial charge in [0.25, 0.3) is 0 Å². The van der Waals surface area contributed by atoms with Crippen molar-refractivity contribution in [2.45, 2.75) is 71.1 Å². The zero-order chi connectivity index (χ0) is 34.1. The van der Waals surface area contributed by atoms with E-state index in [1.165, 1.54) is 11.8 Å². The molecule has 252 valence electrons. The van der Waals surface area contributed by atoms with E-state index in [0.29, 0.717) is 41.9 Å². The summed E-state index contributed by atoms with van der Waals surface area (Å²) in [5.41, 5.74) is 2.98. The number of nitrogens with one attached hydrogen (secondary N) is 1. The first-order valence-corrected chi connectivity index (χ1v) is 21.1. The van der Waals surface area contributed by atoms with E-state index in [-0.39, 0.29) is 28.7 Å². The molecule has 4 heterocycles. The lowest BCUT2D eigenvalue weighted by atomic mass is 9.88. The molecule has 10 nitrogen and oxygen atoms in total. The molecule has 3 aromatic heterocycles. The zero-order valence-corrected chi connectivity index (χ0v) is 30.9. The van der Waals surface area contributed by atoms with E-state index in [4.69, 9.17) is 19.1 Å². The maximum Gasteiger partial charge on any atom is 0.191 e. The molecule has 1 fully saturated rings. The highest BCUT2D eigenvalue weighted by Crippen LogP contribution is 2.41. The molecule has 4 aromatic rings. The van der Waals surface area contributed by atoms with Crippen LogP contribution in [0.25, 0.3) is 22.2 Å². The molecule has 1 aliphatic rings. The van der Waals surface area contributed by atoms with Crippen molar-refractivity contribution in [2.24, 2.45) is 5.92 Å². The van der Waals surface area contributed by atoms with Gasteiger partial charge in [0.2, 0.25) is 0 Å². The van der Waals surface area contributed by atoms with Crippen molar-refractivity contribution in [3.63, 3.8) is 0 Å². The smallest absolute Gasteiger partial charge is 0.191 e. The molecule has 0 spiro atoms. The molecule has 0 bridgehead atoms. The van der Waals surface area contributed by atoms with Crippen LogP contribution in [-0.2, 0) is 14.3 Å². The first-order chi connectivity index (χ1) is 22.1. The van der Waals surface area contributed by atoms with Crippen molar-refractivity contribution in [3.8, 4) is 17.1 Å². The van der Waals surface area contributed by atoms with Gasteiger partial charge in [-0.3, -0.25) is 4.98 Å². The summed E-state index contributed by atoms with van der Waals surface area (Å²) in [5.74, 6) is 2.94. The normalized spacial score (nSPS) is 17.8. The summed E-state index contributed by atoms with van der Waals surface area (Å²) in [5, 5.41) is 5.68. The van der Waals surface area contributed by atoms with Gasteiger partial charge in [0, 0.05) is 67.2 Å². The molecule has 1 aliphatic heterocycles. The number of pyridine rings is 2. The minimum atomic E-state index is -3.05. The Balaban J connectivity index is 1.47. The molecule has 0 aliphatic carbocycles. The highest BCUT2D eigenvalue weighted by atomic mass is 32.2. The average Bonchev–Trinajstić information content (AvgIpc) is 3.01. The van der Waals surface area contributed by atoms with Crippen LogP contribution in [0, 0.1) is 5.92 Å². The number of hydrogen-bond acceptors (Lipinski definition) is 10. The third kappa shape index (κ3) is 7.76. The van der Waals surface area contributed by atoms with Crippen molar-refractivity contribution in [2.75, 3.05) is 42.5 Å². The first kappa shape index (κ1) is 34.7. The number of methoxy groups -OCH3 is 1. The Bertz CT molecular complexity index is 1850. The number of anilines is 3. The van der Waals surface area contributed by atoms with Crippen LogP contribution in [0.5, 0.6) is 5.75 Å². The van der Waals surface area contributed by atoms with Crippen LogP contribution in [-0.4, -0.2) is 75.0 Å². The SMILES string of the molecule is COc1ccncc1-c1nccc(Nc2cc3c(C(C)CCO[Si](C)(C)C(C)(C)C)ccc(N4C[C@H](CS(C)(=O)=O)[C@H]4C)c3cn2)n1. The Morgan fingerprint density at radius 2 is 1.83 bits per heavy atom. The number of rotatable bonds is 12. The summed E-state index contributed by atoms with van der Waals surface area (Å²) in [6.45, 7) is 17.1. The fraction of sp³-hybridized carbons (Fsp3) is 0.486. The van der Waals surface area contributed by atoms with E-state index >= 15 is 0 Å². The number of fused-ring (bicyclic) bond motifs is 1. The van der Waals surface area contributed by atoms with Crippen molar-refractivity contribution in [1.29, 1.82) is 0 Å². The Hall–Kier alpha value is -3.61. The molecule has 1 N–H and O–H groups in total. The third-order valence-corrected chi connectivity index (χ3v) is 15.4. The predicted molar refractivity (Wildman–Crippen MR) is 193 cm³/mol. The maximum absolute atomic E-state index is 12.0. The lowest BCUT2D eigenvalue weighted by Crippen LogP contribution is -2.57. The molecule has 3 atom stereocenters. The fourth-order valence-electron chi connectivity index (χ4n) is 5.86. The number of sulfone groups is 1. The van der Waals surface area contributed by atoms with Crippen LogP contribution in [0.3, 0.4) is 0 Å². The van der Waals surface area contributed by atoms with Gasteiger partial charge in [-0.05, 0) is 72.6 Å². The summed E-state index contributed by atoms with van der Waals surface area (Å²) in [6.07, 6.45) is 9.18. The second-order valence-corrected chi connectivity index (χ2v) is 21.3. The van der Waals surface area contributed by atoms with Gasteiger partial charge >= 0.3 is 0 Å². The number of aromatic nitrogens is 4. The lowest BCUT2D eigenvalue weighted by Gasteiger charge is -2.48. The maximum atomic E-state index is 12.0. The molecule has 1 unspecified atom stereocenters. The van der Waals surface area contributed by atoms with E-state index in [2.05, 4.69) is 86.1 Å². The van der Waals surface area contributed by atoms with Crippen molar-refractivity contribution < 1.29 is 17.6 Å². The second kappa shape index (κ2) is 13.5. The molecule has 12 heteroatoms. The van der Waals surface area contributed by atoms with Gasteiger partial charge in [-0.25, -0.2) is 23.4 Å². The highest BCUT2D eigenvalue weighted by molar-refractivity contribution is 7.90. The van der Waals surface area contributed by atoms with Gasteiger partial charge in [-0.1, -0.05) is 33.8 Å². The average molecular weight is 677 g/mol. The van der Waals surface area contributed by atoms with Gasteiger partial charge in [0.1, 0.15) is 27.2 Å². The monoisotopic (exact) mass is 676 g/mol. The molecule has 0 saturated carbocycles. The van der Waals surface area contributed by atoms with Gasteiger partial charge < -0.3 is 19.4 Å². The number of ether oxygens (including phenoxy) is 1. The van der Waals surface area contributed by atoms with Crippen molar-refractivity contribution >= 4 is 46.3 Å². The Morgan fingerprint density at radius 1 is 1.06 bits per heavy atom. The molecule has 0 radical (unpaired) electrons. The van der Waals surface area contributed by atoms with E-state index < -0.39 is 18.2 Å². The molecule has 5 rings (SSSR count). The first-order valence-electron chi connectivity index (χ1n) is 16.2. The van der Waals surface area contributed by atoms with Gasteiger partial charge in [-0.2, -0.15) is 0 Å². The molecular weight excluding hydrogens is 629 g/mol. The standard InChI is InChI=1S/C35H48N6O4SSi/c1-23(14-17-45-47(8,9)35(3,4)5)26-10-11-30(41-21-25(24(41)2)22-46(7,42)43)28-20-38-33(18-27(26)28)39-32-13-16-37-34(40-32)29-19-36-15-12-31(29)44-6/h10-13,15-16,18-20,23-25H,14,17,21-22H2,1-9H3,(H,37,38,39,40)/t23?,24-,25-/m1/s1. The van der Waals surface area contributed by atoms with E-state index in [0.717, 1.165) is 22.9 Å². The zero-order valence-electron chi connectivity index (χ0n) is 29.0. The number of nitrogens with zero attached hydrogens (tertiary/aromatic N) is 5. The topological polar surface area (TPSA) is 119 Å². The van der Waals surface area contributed by atoms with Crippen LogP contribution in [0.1, 0.15) is 52.5 Å². The summed E-state index contributed by atoms with van der Waals surface area (Å²) in [4.78, 5) is 20.5. The largest absolute Gasteiger partial charge is 0.496 e. The summed E-state index contributed by atoms with van der Waals surface area (Å²) >= 11 is 0. The molecule has 1 saturated heterocycles. The quantitative estimate of drug-likeness (QED) is 0.154. The lowest BCUT2D eigenvalue weighted by molar-refractivity contribution is 0.274. The van der Waals surface area contributed by atoms with Gasteiger partial charge in [0.05, 0.1) is 18.4 Å². The van der Waals surface area contributed by atoms with Gasteiger partial charge in [-0.15, -0.1) is 0 Å². The van der Waals surface area contributed by atoms with Crippen LogP contribution in [0.4, 0.5) is 17.3 Å². The Morgan fingerprint density at radius 3 is 2.51 bits per heavy atom. The molecule has 1 aromatic carbocycles. The third-order valence-electron chi connectivity index (χ3n) is 9.85. The molecule has 47 heavy (non-hydrogen) atoms. The second-order valence-electron chi connectivity index (χ2n) is 14.3. The molecular formula is C35H48N6O4SSi. The molecule has 0 amide bonds. The summed E-state index contributed by atoms with van der Waals surface area (Å²) in [7, 11) is -3.30. The minimum absolute atomic E-state index is 0.102.